The summed E-state index contributed by atoms with van der Waals surface area (Å²) in [7, 11) is -1.91. The Morgan fingerprint density at radius 1 is 1.08 bits per heavy atom. The molecule has 2 aromatic rings. The van der Waals surface area contributed by atoms with E-state index in [9.17, 15) is 8.42 Å². The second-order valence-electron chi connectivity index (χ2n) is 6.57. The molecular formula is C21H25NO3S. The summed E-state index contributed by atoms with van der Waals surface area (Å²) in [5, 5.41) is 0. The average Bonchev–Trinajstić information content (AvgIpc) is 3.06. The molecule has 0 spiro atoms. The molecule has 2 atom stereocenters. The van der Waals surface area contributed by atoms with Crippen LogP contribution in [0.25, 0.3) is 0 Å². The topological polar surface area (TPSA) is 46.6 Å². The van der Waals surface area contributed by atoms with Crippen LogP contribution in [0.1, 0.15) is 30.4 Å². The minimum atomic E-state index is -3.57. The molecule has 0 aromatic heterocycles. The summed E-state index contributed by atoms with van der Waals surface area (Å²) in [6.45, 7) is 4.46. The number of aryl methyl sites for hydroxylation is 1. The van der Waals surface area contributed by atoms with Crippen molar-refractivity contribution < 1.29 is 13.2 Å². The van der Waals surface area contributed by atoms with Gasteiger partial charge in [-0.3, -0.25) is 0 Å². The van der Waals surface area contributed by atoms with Gasteiger partial charge in [-0.15, -0.1) is 0 Å². The van der Waals surface area contributed by atoms with Crippen LogP contribution in [0.15, 0.2) is 71.3 Å². The van der Waals surface area contributed by atoms with Crippen molar-refractivity contribution in [2.75, 3.05) is 13.7 Å². The van der Waals surface area contributed by atoms with Crippen molar-refractivity contribution in [1.82, 2.24) is 4.31 Å². The first kappa shape index (κ1) is 18.7. The molecule has 0 unspecified atom stereocenters. The van der Waals surface area contributed by atoms with E-state index in [0.29, 0.717) is 17.9 Å². The van der Waals surface area contributed by atoms with E-state index in [0.717, 1.165) is 16.9 Å². The van der Waals surface area contributed by atoms with Crippen LogP contribution in [0.5, 0.6) is 0 Å². The summed E-state index contributed by atoms with van der Waals surface area (Å²) in [4.78, 5) is 0.322. The highest BCUT2D eigenvalue weighted by Gasteiger charge is 2.39. The summed E-state index contributed by atoms with van der Waals surface area (Å²) >= 11 is 0. The molecular weight excluding hydrogens is 346 g/mol. The van der Waals surface area contributed by atoms with Crippen LogP contribution in [-0.4, -0.2) is 32.4 Å². The van der Waals surface area contributed by atoms with Gasteiger partial charge in [0.2, 0.25) is 10.0 Å². The number of sulfonamides is 1. The summed E-state index contributed by atoms with van der Waals surface area (Å²) in [5.41, 5.74) is 2.11. The third-order valence-electron chi connectivity index (χ3n) is 4.89. The van der Waals surface area contributed by atoms with E-state index in [4.69, 9.17) is 4.74 Å². The largest absolute Gasteiger partial charge is 0.498 e. The van der Waals surface area contributed by atoms with E-state index < -0.39 is 10.0 Å². The highest BCUT2D eigenvalue weighted by atomic mass is 32.2. The molecule has 1 aliphatic rings. The molecule has 138 valence electrons. The number of likely N-dealkylation sites (N-methyl/N-ethyl adjacent to an activating group) is 1. The van der Waals surface area contributed by atoms with Crippen molar-refractivity contribution >= 4 is 10.0 Å². The summed E-state index contributed by atoms with van der Waals surface area (Å²) in [6.07, 6.45) is 2.66. The third-order valence-corrected chi connectivity index (χ3v) is 6.78. The monoisotopic (exact) mass is 371 g/mol. The number of hydrogen-bond acceptors (Lipinski definition) is 3. The predicted octanol–water partition coefficient (Wildman–Crippen LogP) is 4.09. The minimum Gasteiger partial charge on any atom is -0.498 e. The molecule has 4 nitrogen and oxygen atoms in total. The van der Waals surface area contributed by atoms with Gasteiger partial charge < -0.3 is 4.74 Å². The Balaban J connectivity index is 1.95. The molecule has 0 saturated heterocycles. The van der Waals surface area contributed by atoms with Crippen molar-refractivity contribution in [3.8, 4) is 0 Å². The first-order valence-corrected chi connectivity index (χ1v) is 10.3. The van der Waals surface area contributed by atoms with Crippen molar-refractivity contribution in [3.05, 3.63) is 77.6 Å². The minimum absolute atomic E-state index is 0.0960. The van der Waals surface area contributed by atoms with Crippen molar-refractivity contribution in [2.24, 2.45) is 0 Å². The van der Waals surface area contributed by atoms with Crippen LogP contribution in [-0.2, 0) is 14.8 Å². The molecule has 0 fully saturated rings. The van der Waals surface area contributed by atoms with E-state index >= 15 is 0 Å². The Morgan fingerprint density at radius 2 is 1.73 bits per heavy atom. The number of ether oxygens (including phenoxy) is 1. The zero-order valence-electron chi connectivity index (χ0n) is 15.4. The van der Waals surface area contributed by atoms with Crippen molar-refractivity contribution in [3.63, 3.8) is 0 Å². The molecule has 1 aliphatic carbocycles. The Labute approximate surface area is 156 Å². The second kappa shape index (κ2) is 7.64. The third kappa shape index (κ3) is 3.55. The molecule has 0 N–H and O–H groups in total. The van der Waals surface area contributed by atoms with E-state index in [1.54, 1.807) is 19.2 Å². The standard InChI is InChI=1S/C21H25NO3S/c1-4-25-20-15-14-19(21(20)17-8-6-5-7-9-17)22(3)26(23,24)18-12-10-16(2)11-13-18/h5-13,15,19,21H,4,14H2,1-3H3/t19-,21+/m0/s1. The maximum atomic E-state index is 13.1. The van der Waals surface area contributed by atoms with Crippen LogP contribution in [0.2, 0.25) is 0 Å². The van der Waals surface area contributed by atoms with Gasteiger partial charge in [0.25, 0.3) is 0 Å². The number of nitrogens with zero attached hydrogens (tertiary/aromatic N) is 1. The van der Waals surface area contributed by atoms with Crippen LogP contribution in [0.4, 0.5) is 0 Å². The van der Waals surface area contributed by atoms with Gasteiger partial charge in [-0.05, 0) is 44.0 Å². The second-order valence-corrected chi connectivity index (χ2v) is 8.56. The maximum absolute atomic E-state index is 13.1. The SMILES string of the molecule is CCOC1=CC[C@H](N(C)S(=O)(=O)c2ccc(C)cc2)[C@H]1c1ccccc1. The zero-order valence-corrected chi connectivity index (χ0v) is 16.2. The summed E-state index contributed by atoms with van der Waals surface area (Å²) < 4.78 is 33.6. The molecule has 2 aromatic carbocycles. The molecule has 26 heavy (non-hydrogen) atoms. The Bertz CT molecular complexity index is 873. The fourth-order valence-corrected chi connectivity index (χ4v) is 4.84. The van der Waals surface area contributed by atoms with Crippen LogP contribution >= 0.6 is 0 Å². The first-order valence-electron chi connectivity index (χ1n) is 8.87. The highest BCUT2D eigenvalue weighted by Crippen LogP contribution is 2.40. The normalized spacial score (nSPS) is 20.2. The van der Waals surface area contributed by atoms with Crippen LogP contribution in [0, 0.1) is 6.92 Å². The summed E-state index contributed by atoms with van der Waals surface area (Å²) in [5.74, 6) is 0.760. The van der Waals surface area contributed by atoms with Gasteiger partial charge in [-0.1, -0.05) is 48.0 Å². The number of hydrogen-bond donors (Lipinski definition) is 0. The number of rotatable bonds is 6. The van der Waals surface area contributed by atoms with E-state index in [1.165, 1.54) is 4.31 Å². The Kier molecular flexibility index (Phi) is 5.49. The van der Waals surface area contributed by atoms with E-state index in [-0.39, 0.29) is 12.0 Å². The van der Waals surface area contributed by atoms with Gasteiger partial charge in [0.15, 0.2) is 0 Å². The van der Waals surface area contributed by atoms with Crippen molar-refractivity contribution in [2.45, 2.75) is 37.1 Å². The molecule has 0 aliphatic heterocycles. The van der Waals surface area contributed by atoms with E-state index in [2.05, 4.69) is 0 Å². The Morgan fingerprint density at radius 3 is 2.35 bits per heavy atom. The quantitative estimate of drug-likeness (QED) is 0.768. The molecule has 0 heterocycles. The van der Waals surface area contributed by atoms with Crippen LogP contribution < -0.4 is 0 Å². The lowest BCUT2D eigenvalue weighted by Crippen LogP contribution is -2.39. The van der Waals surface area contributed by atoms with Crippen molar-refractivity contribution in [1.29, 1.82) is 0 Å². The van der Waals surface area contributed by atoms with Crippen LogP contribution in [0.3, 0.4) is 0 Å². The Hall–Kier alpha value is -2.11. The molecule has 0 bridgehead atoms. The maximum Gasteiger partial charge on any atom is 0.243 e. The van der Waals surface area contributed by atoms with E-state index in [1.807, 2.05) is 62.4 Å². The lowest BCUT2D eigenvalue weighted by atomic mass is 9.93. The molecule has 0 radical (unpaired) electrons. The smallest absolute Gasteiger partial charge is 0.243 e. The average molecular weight is 372 g/mol. The highest BCUT2D eigenvalue weighted by molar-refractivity contribution is 7.89. The predicted molar refractivity (Wildman–Crippen MR) is 103 cm³/mol. The number of benzene rings is 2. The fourth-order valence-electron chi connectivity index (χ4n) is 3.46. The first-order chi connectivity index (χ1) is 12.4. The molecule has 5 heteroatoms. The van der Waals surface area contributed by atoms with Gasteiger partial charge in [0.1, 0.15) is 5.76 Å². The van der Waals surface area contributed by atoms with Gasteiger partial charge in [-0.2, -0.15) is 4.31 Å². The fraction of sp³-hybridized carbons (Fsp3) is 0.333. The molecule has 0 saturated carbocycles. The summed E-state index contributed by atoms with van der Waals surface area (Å²) in [6, 6.07) is 16.8. The molecule has 3 rings (SSSR count). The zero-order chi connectivity index (χ0) is 18.7. The lowest BCUT2D eigenvalue weighted by Gasteiger charge is -2.30. The van der Waals surface area contributed by atoms with Gasteiger partial charge in [0.05, 0.1) is 17.4 Å². The van der Waals surface area contributed by atoms with Gasteiger partial charge in [-0.25, -0.2) is 8.42 Å². The van der Waals surface area contributed by atoms with Gasteiger partial charge in [0, 0.05) is 13.1 Å². The molecule has 0 amide bonds. The van der Waals surface area contributed by atoms with Gasteiger partial charge >= 0.3 is 0 Å². The lowest BCUT2D eigenvalue weighted by molar-refractivity contribution is 0.198.